The number of hydrogen-bond donors (Lipinski definition) is 2. The van der Waals surface area contributed by atoms with Crippen LogP contribution in [-0.2, 0) is 9.53 Å². The van der Waals surface area contributed by atoms with E-state index in [-0.39, 0.29) is 36.0 Å². The van der Waals surface area contributed by atoms with E-state index in [0.717, 1.165) is 0 Å². The van der Waals surface area contributed by atoms with Crippen LogP contribution in [0.2, 0.25) is 0 Å². The molecule has 1 aliphatic rings. The van der Waals surface area contributed by atoms with Crippen LogP contribution < -0.4 is 4.74 Å². The Labute approximate surface area is 121 Å². The summed E-state index contributed by atoms with van der Waals surface area (Å²) in [7, 11) is 1.42. The van der Waals surface area contributed by atoms with Gasteiger partial charge < -0.3 is 24.6 Å². The van der Waals surface area contributed by atoms with Gasteiger partial charge in [0.2, 0.25) is 0 Å². The molecule has 114 valence electrons. The molecule has 0 spiro atoms. The molecule has 1 fully saturated rings. The molecular formula is C14H17NO6. The maximum Gasteiger partial charge on any atom is 0.305 e. The minimum Gasteiger partial charge on any atom is -0.504 e. The number of aromatic hydroxyl groups is 1. The number of aliphatic carboxylic acids is 1. The summed E-state index contributed by atoms with van der Waals surface area (Å²) in [5.74, 6) is -1.18. The molecule has 1 unspecified atom stereocenters. The number of morpholine rings is 1. The van der Waals surface area contributed by atoms with E-state index in [4.69, 9.17) is 14.6 Å². The number of carboxylic acids is 1. The fourth-order valence-electron chi connectivity index (χ4n) is 2.28. The topological polar surface area (TPSA) is 96.3 Å². The summed E-state index contributed by atoms with van der Waals surface area (Å²) in [5, 5.41) is 18.6. The lowest BCUT2D eigenvalue weighted by atomic mass is 10.1. The Kier molecular flexibility index (Phi) is 4.64. The van der Waals surface area contributed by atoms with Crippen molar-refractivity contribution in [2.75, 3.05) is 26.9 Å². The van der Waals surface area contributed by atoms with E-state index in [9.17, 15) is 14.7 Å². The monoisotopic (exact) mass is 295 g/mol. The lowest BCUT2D eigenvalue weighted by Crippen LogP contribution is -2.49. The van der Waals surface area contributed by atoms with Crippen molar-refractivity contribution in [1.29, 1.82) is 0 Å². The van der Waals surface area contributed by atoms with E-state index in [1.165, 1.54) is 30.2 Å². The van der Waals surface area contributed by atoms with Crippen LogP contribution in [0.25, 0.3) is 0 Å². The van der Waals surface area contributed by atoms with Gasteiger partial charge in [0.25, 0.3) is 5.91 Å². The number of phenols is 1. The van der Waals surface area contributed by atoms with Crippen LogP contribution in [0.15, 0.2) is 18.2 Å². The highest BCUT2D eigenvalue weighted by atomic mass is 16.5. The quantitative estimate of drug-likeness (QED) is 0.849. The fourth-order valence-corrected chi connectivity index (χ4v) is 2.28. The number of carboxylic acid groups (broad SMARTS) is 1. The third kappa shape index (κ3) is 3.43. The molecule has 7 heteroatoms. The standard InChI is InChI=1S/C14H17NO6/c1-20-12-3-2-9(6-11(12)16)14(19)15-4-5-21-8-10(15)7-13(17)18/h2-3,6,10,16H,4-5,7-8H2,1H3,(H,17,18). The predicted molar refractivity (Wildman–Crippen MR) is 72.6 cm³/mol. The Morgan fingerprint density at radius 3 is 2.86 bits per heavy atom. The second kappa shape index (κ2) is 6.45. The fraction of sp³-hybridized carbons (Fsp3) is 0.429. The van der Waals surface area contributed by atoms with Crippen molar-refractivity contribution in [3.63, 3.8) is 0 Å². The van der Waals surface area contributed by atoms with Gasteiger partial charge >= 0.3 is 5.97 Å². The first kappa shape index (κ1) is 15.1. The number of carbonyl (C=O) groups is 2. The number of carbonyl (C=O) groups excluding carboxylic acids is 1. The minimum atomic E-state index is -0.985. The number of phenolic OH excluding ortho intramolecular Hbond substituents is 1. The van der Waals surface area contributed by atoms with E-state index >= 15 is 0 Å². The van der Waals surface area contributed by atoms with Gasteiger partial charge in [0.1, 0.15) is 0 Å². The second-order valence-corrected chi connectivity index (χ2v) is 4.71. The molecule has 1 amide bonds. The van der Waals surface area contributed by atoms with E-state index in [1.807, 2.05) is 0 Å². The summed E-state index contributed by atoms with van der Waals surface area (Å²) in [6, 6.07) is 3.84. The van der Waals surface area contributed by atoms with E-state index in [2.05, 4.69) is 0 Å². The number of hydrogen-bond acceptors (Lipinski definition) is 5. The highest BCUT2D eigenvalue weighted by Gasteiger charge is 2.30. The first-order valence-corrected chi connectivity index (χ1v) is 6.50. The molecule has 1 saturated heterocycles. The van der Waals surface area contributed by atoms with Gasteiger partial charge in [-0.05, 0) is 18.2 Å². The van der Waals surface area contributed by atoms with Crippen LogP contribution in [0, 0.1) is 0 Å². The molecule has 2 rings (SSSR count). The Bertz CT molecular complexity index is 544. The average Bonchev–Trinajstić information content (AvgIpc) is 2.46. The maximum absolute atomic E-state index is 12.5. The summed E-state index contributed by atoms with van der Waals surface area (Å²) in [6.07, 6.45) is -0.173. The highest BCUT2D eigenvalue weighted by molar-refractivity contribution is 5.95. The molecule has 1 aliphatic heterocycles. The molecule has 2 N–H and O–H groups in total. The largest absolute Gasteiger partial charge is 0.504 e. The second-order valence-electron chi connectivity index (χ2n) is 4.71. The first-order valence-electron chi connectivity index (χ1n) is 6.50. The van der Waals surface area contributed by atoms with Crippen molar-refractivity contribution in [2.45, 2.75) is 12.5 Å². The molecule has 1 aromatic carbocycles. The van der Waals surface area contributed by atoms with Gasteiger partial charge in [0.15, 0.2) is 11.5 Å². The van der Waals surface area contributed by atoms with Gasteiger partial charge in [-0.1, -0.05) is 0 Å². The molecule has 0 aliphatic carbocycles. The first-order chi connectivity index (χ1) is 10.0. The van der Waals surface area contributed by atoms with Crippen molar-refractivity contribution in [3.05, 3.63) is 23.8 Å². The maximum atomic E-state index is 12.5. The van der Waals surface area contributed by atoms with Crippen molar-refractivity contribution in [3.8, 4) is 11.5 Å². The van der Waals surface area contributed by atoms with Gasteiger partial charge in [-0.25, -0.2) is 0 Å². The molecule has 1 aromatic rings. The minimum absolute atomic E-state index is 0.133. The zero-order valence-electron chi connectivity index (χ0n) is 11.6. The van der Waals surface area contributed by atoms with E-state index < -0.39 is 12.0 Å². The Hall–Kier alpha value is -2.28. The highest BCUT2D eigenvalue weighted by Crippen LogP contribution is 2.27. The van der Waals surface area contributed by atoms with Gasteiger partial charge in [-0.2, -0.15) is 0 Å². The Balaban J connectivity index is 2.20. The van der Waals surface area contributed by atoms with Crippen LogP contribution in [0.4, 0.5) is 0 Å². The molecule has 0 radical (unpaired) electrons. The molecule has 1 atom stereocenters. The van der Waals surface area contributed by atoms with E-state index in [1.54, 1.807) is 0 Å². The molecule has 0 aromatic heterocycles. The lowest BCUT2D eigenvalue weighted by Gasteiger charge is -2.34. The van der Waals surface area contributed by atoms with Crippen LogP contribution in [-0.4, -0.2) is 59.9 Å². The summed E-state index contributed by atoms with van der Waals surface area (Å²) in [5.41, 5.74) is 0.283. The van der Waals surface area contributed by atoms with E-state index in [0.29, 0.717) is 13.2 Å². The van der Waals surface area contributed by atoms with Crippen LogP contribution >= 0.6 is 0 Å². The average molecular weight is 295 g/mol. The molecule has 0 saturated carbocycles. The van der Waals surface area contributed by atoms with Crippen molar-refractivity contribution in [1.82, 2.24) is 4.90 Å². The molecule has 0 bridgehead atoms. The zero-order valence-corrected chi connectivity index (χ0v) is 11.6. The number of ether oxygens (including phenoxy) is 2. The Morgan fingerprint density at radius 1 is 1.48 bits per heavy atom. The normalized spacial score (nSPS) is 18.3. The molecule has 7 nitrogen and oxygen atoms in total. The van der Waals surface area contributed by atoms with Crippen molar-refractivity contribution in [2.24, 2.45) is 0 Å². The van der Waals surface area contributed by atoms with Crippen LogP contribution in [0.3, 0.4) is 0 Å². The number of benzene rings is 1. The smallest absolute Gasteiger partial charge is 0.305 e. The number of rotatable bonds is 4. The third-order valence-electron chi connectivity index (χ3n) is 3.32. The number of methoxy groups -OCH3 is 1. The summed E-state index contributed by atoms with van der Waals surface area (Å²) < 4.78 is 10.2. The molecule has 1 heterocycles. The molecular weight excluding hydrogens is 278 g/mol. The Morgan fingerprint density at radius 2 is 2.24 bits per heavy atom. The molecule has 21 heavy (non-hydrogen) atoms. The van der Waals surface area contributed by atoms with Crippen LogP contribution in [0.5, 0.6) is 11.5 Å². The lowest BCUT2D eigenvalue weighted by molar-refractivity contribution is -0.139. The summed E-state index contributed by atoms with van der Waals surface area (Å²) in [4.78, 5) is 24.8. The van der Waals surface area contributed by atoms with Gasteiger partial charge in [-0.3, -0.25) is 9.59 Å². The van der Waals surface area contributed by atoms with Crippen molar-refractivity contribution < 1.29 is 29.3 Å². The van der Waals surface area contributed by atoms with Gasteiger partial charge in [0.05, 0.1) is 32.8 Å². The van der Waals surface area contributed by atoms with Gasteiger partial charge in [0, 0.05) is 12.1 Å². The van der Waals surface area contributed by atoms with Crippen molar-refractivity contribution >= 4 is 11.9 Å². The third-order valence-corrected chi connectivity index (χ3v) is 3.32. The van der Waals surface area contributed by atoms with Crippen LogP contribution in [0.1, 0.15) is 16.8 Å². The SMILES string of the molecule is COc1ccc(C(=O)N2CCOCC2CC(=O)O)cc1O. The number of nitrogens with zero attached hydrogens (tertiary/aromatic N) is 1. The number of amides is 1. The summed E-state index contributed by atoms with van der Waals surface area (Å²) in [6.45, 7) is 0.883. The summed E-state index contributed by atoms with van der Waals surface area (Å²) >= 11 is 0. The zero-order chi connectivity index (χ0) is 15.4. The predicted octanol–water partition coefficient (Wildman–Crippen LogP) is 0.716. The van der Waals surface area contributed by atoms with Gasteiger partial charge in [-0.15, -0.1) is 0 Å².